The predicted octanol–water partition coefficient (Wildman–Crippen LogP) is 5.39. The number of carbonyl (C=O) groups excluding carboxylic acids is 1. The van der Waals surface area contributed by atoms with Gasteiger partial charge in [0.2, 0.25) is 5.91 Å². The minimum absolute atomic E-state index is 0.00976. The smallest absolute Gasteiger partial charge is 0.475 e. The number of carboxylic acid groups (broad SMARTS) is 2. The molecule has 20 heteroatoms. The Kier molecular flexibility index (Phi) is 12.5. The molecule has 1 aliphatic heterocycles. The summed E-state index contributed by atoms with van der Waals surface area (Å²) in [7, 11) is 1.95. The van der Waals surface area contributed by atoms with Crippen LogP contribution < -0.4 is 11.1 Å². The Balaban J connectivity index is 0.000000376. The minimum atomic E-state index is -5.08. The van der Waals surface area contributed by atoms with E-state index in [-0.39, 0.29) is 17.6 Å². The van der Waals surface area contributed by atoms with Crippen LogP contribution in [0.5, 0.6) is 0 Å². The van der Waals surface area contributed by atoms with E-state index in [4.69, 9.17) is 42.2 Å². The summed E-state index contributed by atoms with van der Waals surface area (Å²) in [6, 6.07) is 12.0. The van der Waals surface area contributed by atoms with Crippen LogP contribution in [0, 0.1) is 0 Å². The lowest BCUT2D eigenvalue weighted by atomic mass is 9.99. The third-order valence-electron chi connectivity index (χ3n) is 6.25. The molecule has 258 valence electrons. The third kappa shape index (κ3) is 10.1. The third-order valence-corrected chi connectivity index (χ3v) is 7.84. The highest BCUT2D eigenvalue weighted by molar-refractivity contribution is 7.99. The van der Waals surface area contributed by atoms with Crippen LogP contribution in [0.3, 0.4) is 0 Å². The van der Waals surface area contributed by atoms with Crippen molar-refractivity contribution in [1.29, 1.82) is 0 Å². The molecule has 5 N–H and O–H groups in total. The largest absolute Gasteiger partial charge is 0.490 e. The molecule has 1 unspecified atom stereocenters. The van der Waals surface area contributed by atoms with Crippen molar-refractivity contribution in [3.63, 3.8) is 0 Å². The van der Waals surface area contributed by atoms with E-state index in [2.05, 4.69) is 27.5 Å². The van der Waals surface area contributed by atoms with Gasteiger partial charge in [0.1, 0.15) is 11.5 Å². The number of aliphatic carboxylic acids is 2. The first-order valence-corrected chi connectivity index (χ1v) is 14.9. The van der Waals surface area contributed by atoms with Gasteiger partial charge in [0, 0.05) is 60.9 Å². The molecule has 0 radical (unpaired) electrons. The second-order valence-electron chi connectivity index (χ2n) is 9.68. The number of pyridine rings is 1. The van der Waals surface area contributed by atoms with Gasteiger partial charge in [-0.15, -0.1) is 11.8 Å². The Morgan fingerprint density at radius 2 is 1.71 bits per heavy atom. The lowest BCUT2D eigenvalue weighted by Crippen LogP contribution is -2.21. The maximum absolute atomic E-state index is 11.1. The summed E-state index contributed by atoms with van der Waals surface area (Å²) in [6.45, 7) is 1.29. The number of alkyl halides is 6. The molecule has 4 heterocycles. The van der Waals surface area contributed by atoms with Gasteiger partial charge in [0.25, 0.3) is 0 Å². The fourth-order valence-electron chi connectivity index (χ4n) is 4.14. The fraction of sp³-hybridized carbons (Fsp3) is 0.286. The molecule has 1 amide bonds. The Bertz CT molecular complexity index is 1720. The van der Waals surface area contributed by atoms with Crippen LogP contribution in [-0.4, -0.2) is 77.3 Å². The summed E-state index contributed by atoms with van der Waals surface area (Å²) in [4.78, 5) is 33.4. The van der Waals surface area contributed by atoms with E-state index in [1.54, 1.807) is 17.1 Å². The number of aryl methyl sites for hydroxylation is 2. The number of rotatable bonds is 6. The van der Waals surface area contributed by atoms with Gasteiger partial charge in [-0.3, -0.25) is 19.1 Å². The molecule has 1 atom stereocenters. The van der Waals surface area contributed by atoms with Gasteiger partial charge in [-0.2, -0.15) is 36.5 Å². The standard InChI is InChI=1S/C24H24ClN7OS.2C2HF3O2/c1-31-24-21(22(30-31)19-4-2-3-8-27-19)23(34-11-9-28-24)17-6-5-15(12-18(17)25)16-13-29-32(14-16)10-7-20(26)33;2*3-2(4,5)1(6)7/h2-6,8,12-14,23,28H,7,9-11H2,1H3,(H2,26,33);2*(H,6,7). The number of aromatic nitrogens is 5. The van der Waals surface area contributed by atoms with Crippen LogP contribution in [0.2, 0.25) is 5.02 Å². The highest BCUT2D eigenvalue weighted by Gasteiger charge is 2.39. The number of hydrogen-bond acceptors (Lipinski definition) is 8. The van der Waals surface area contributed by atoms with Crippen LogP contribution in [-0.2, 0) is 28.0 Å². The zero-order valence-corrected chi connectivity index (χ0v) is 26.2. The number of nitrogens with two attached hydrogens (primary N) is 1. The maximum atomic E-state index is 11.1. The molecule has 5 rings (SSSR count). The molecule has 0 aliphatic carbocycles. The van der Waals surface area contributed by atoms with Gasteiger partial charge >= 0.3 is 24.3 Å². The zero-order valence-electron chi connectivity index (χ0n) is 24.6. The summed E-state index contributed by atoms with van der Waals surface area (Å²) in [6.07, 6.45) is -4.46. The molecule has 1 aromatic carbocycles. The molecular formula is C28H26ClF6N7O5S. The number of anilines is 1. The minimum Gasteiger partial charge on any atom is -0.475 e. The highest BCUT2D eigenvalue weighted by atomic mass is 35.5. The number of nitrogens with one attached hydrogen (secondary N) is 1. The summed E-state index contributed by atoms with van der Waals surface area (Å²) in [5, 5.41) is 27.6. The van der Waals surface area contributed by atoms with Crippen molar-refractivity contribution in [3.8, 4) is 22.5 Å². The fourth-order valence-corrected chi connectivity index (χ4v) is 5.73. The number of amides is 1. The van der Waals surface area contributed by atoms with Crippen LogP contribution in [0.25, 0.3) is 22.5 Å². The number of thioether (sulfide) groups is 1. The SMILES string of the molecule is Cn1nc(-c2ccccn2)c2c1NCCSC2c1ccc(-c2cnn(CCC(N)=O)c2)cc1Cl.O=C(O)C(F)(F)F.O=C(O)C(F)(F)F. The van der Waals surface area contributed by atoms with Crippen LogP contribution in [0.1, 0.15) is 22.8 Å². The van der Waals surface area contributed by atoms with Crippen molar-refractivity contribution in [2.24, 2.45) is 12.8 Å². The van der Waals surface area contributed by atoms with Gasteiger partial charge in [0.15, 0.2) is 0 Å². The predicted molar refractivity (Wildman–Crippen MR) is 163 cm³/mol. The van der Waals surface area contributed by atoms with Crippen molar-refractivity contribution in [1.82, 2.24) is 24.5 Å². The summed E-state index contributed by atoms with van der Waals surface area (Å²) >= 11 is 8.73. The number of hydrogen-bond donors (Lipinski definition) is 4. The van der Waals surface area contributed by atoms with Crippen LogP contribution >= 0.6 is 23.4 Å². The van der Waals surface area contributed by atoms with E-state index in [9.17, 15) is 31.1 Å². The Morgan fingerprint density at radius 1 is 1.06 bits per heavy atom. The monoisotopic (exact) mass is 721 g/mol. The normalized spacial score (nSPS) is 14.2. The Morgan fingerprint density at radius 3 is 2.25 bits per heavy atom. The Labute approximate surface area is 276 Å². The highest BCUT2D eigenvalue weighted by Crippen LogP contribution is 2.47. The van der Waals surface area contributed by atoms with Gasteiger partial charge < -0.3 is 21.3 Å². The number of halogens is 7. The molecule has 4 aromatic rings. The molecule has 0 saturated carbocycles. The molecular weight excluding hydrogens is 696 g/mol. The number of carbonyl (C=O) groups is 3. The van der Waals surface area contributed by atoms with Crippen LogP contribution in [0.4, 0.5) is 32.2 Å². The van der Waals surface area contributed by atoms with Crippen molar-refractivity contribution in [3.05, 3.63) is 71.1 Å². The molecule has 3 aromatic heterocycles. The lowest BCUT2D eigenvalue weighted by Gasteiger charge is -2.18. The number of carboxylic acids is 2. The van der Waals surface area contributed by atoms with Crippen molar-refractivity contribution >= 4 is 47.0 Å². The average Bonchev–Trinajstić information content (AvgIpc) is 3.54. The molecule has 0 saturated heterocycles. The van der Waals surface area contributed by atoms with Gasteiger partial charge in [-0.05, 0) is 29.3 Å². The van der Waals surface area contributed by atoms with Crippen molar-refractivity contribution < 1.29 is 50.9 Å². The lowest BCUT2D eigenvalue weighted by molar-refractivity contribution is -0.193. The van der Waals surface area contributed by atoms with E-state index in [0.29, 0.717) is 11.6 Å². The van der Waals surface area contributed by atoms with E-state index < -0.39 is 24.3 Å². The summed E-state index contributed by atoms with van der Waals surface area (Å²) in [5.41, 5.74) is 11.0. The first-order chi connectivity index (χ1) is 22.4. The van der Waals surface area contributed by atoms with Crippen LogP contribution in [0.15, 0.2) is 55.0 Å². The first kappa shape index (κ1) is 37.7. The molecule has 0 fully saturated rings. The number of nitrogens with zero attached hydrogens (tertiary/aromatic N) is 5. The summed E-state index contributed by atoms with van der Waals surface area (Å²) < 4.78 is 67.1. The molecule has 0 spiro atoms. The maximum Gasteiger partial charge on any atom is 0.490 e. The average molecular weight is 722 g/mol. The molecule has 1 aliphatic rings. The van der Waals surface area contributed by atoms with E-state index >= 15 is 0 Å². The van der Waals surface area contributed by atoms with Crippen molar-refractivity contribution in [2.45, 2.75) is 30.6 Å². The van der Waals surface area contributed by atoms with Crippen molar-refractivity contribution in [2.75, 3.05) is 17.6 Å². The molecule has 12 nitrogen and oxygen atoms in total. The Hall–Kier alpha value is -4.78. The van der Waals surface area contributed by atoms with E-state index in [1.165, 1.54) is 0 Å². The first-order valence-electron chi connectivity index (χ1n) is 13.4. The second-order valence-corrected chi connectivity index (χ2v) is 11.3. The number of benzene rings is 1. The van der Waals surface area contributed by atoms with Gasteiger partial charge in [-0.25, -0.2) is 9.59 Å². The van der Waals surface area contributed by atoms with E-state index in [0.717, 1.165) is 51.8 Å². The van der Waals surface area contributed by atoms with Gasteiger partial charge in [0.05, 0.1) is 17.1 Å². The molecule has 0 bridgehead atoms. The van der Waals surface area contributed by atoms with E-state index in [1.807, 2.05) is 54.0 Å². The number of primary amides is 1. The quantitative estimate of drug-likeness (QED) is 0.189. The van der Waals surface area contributed by atoms with Gasteiger partial charge in [-0.1, -0.05) is 29.8 Å². The second kappa shape index (κ2) is 15.9. The topological polar surface area (TPSA) is 178 Å². The summed E-state index contributed by atoms with van der Waals surface area (Å²) in [5.74, 6) is -3.93. The zero-order chi connectivity index (χ0) is 35.8. The number of fused-ring (bicyclic) bond motifs is 1. The molecule has 48 heavy (non-hydrogen) atoms.